The van der Waals surface area contributed by atoms with E-state index in [9.17, 15) is 18.0 Å². The number of urea groups is 1. The Hall–Kier alpha value is -2.55. The first-order valence-electron chi connectivity index (χ1n) is 10.6. The summed E-state index contributed by atoms with van der Waals surface area (Å²) in [6.45, 7) is 8.35. The molecular weight excluding hydrogens is 407 g/mol. The van der Waals surface area contributed by atoms with Crippen LogP contribution in [0.15, 0.2) is 24.3 Å². The van der Waals surface area contributed by atoms with Crippen molar-refractivity contribution >= 4 is 6.03 Å². The number of rotatable bonds is 5. The average Bonchev–Trinajstić information content (AvgIpc) is 3.08. The molecule has 0 unspecified atom stereocenters. The van der Waals surface area contributed by atoms with Gasteiger partial charge < -0.3 is 15.2 Å². The molecule has 1 aliphatic heterocycles. The molecule has 1 aromatic heterocycles. The van der Waals surface area contributed by atoms with Gasteiger partial charge in [0.15, 0.2) is 0 Å². The summed E-state index contributed by atoms with van der Waals surface area (Å²) in [6.07, 6.45) is -2.57. The first-order valence-corrected chi connectivity index (χ1v) is 10.6. The van der Waals surface area contributed by atoms with Gasteiger partial charge in [-0.2, -0.15) is 13.2 Å². The fraction of sp³-hybridized carbons (Fsp3) is 0.545. The molecule has 0 radical (unpaired) electrons. The molecule has 0 spiro atoms. The van der Waals surface area contributed by atoms with Crippen molar-refractivity contribution in [2.75, 3.05) is 20.1 Å². The maximum absolute atomic E-state index is 12.8. The van der Waals surface area contributed by atoms with E-state index in [0.717, 1.165) is 49.5 Å². The van der Waals surface area contributed by atoms with E-state index in [2.05, 4.69) is 20.2 Å². The Labute approximate surface area is 180 Å². The van der Waals surface area contributed by atoms with Crippen LogP contribution in [0.4, 0.5) is 18.0 Å². The fourth-order valence-corrected chi connectivity index (χ4v) is 4.12. The second-order valence-electron chi connectivity index (χ2n) is 8.30. The van der Waals surface area contributed by atoms with Crippen LogP contribution in [0.1, 0.15) is 43.6 Å². The van der Waals surface area contributed by atoms with Crippen LogP contribution < -0.4 is 5.32 Å². The Morgan fingerprint density at radius 2 is 1.87 bits per heavy atom. The number of carbonyl (C=O) groups is 1. The van der Waals surface area contributed by atoms with Crippen LogP contribution in [0.2, 0.25) is 0 Å². The number of aromatic amines is 1. The van der Waals surface area contributed by atoms with Crippen LogP contribution in [0.25, 0.3) is 11.4 Å². The van der Waals surface area contributed by atoms with E-state index < -0.39 is 11.7 Å². The molecule has 2 N–H and O–H groups in total. The Kier molecular flexibility index (Phi) is 6.93. The summed E-state index contributed by atoms with van der Waals surface area (Å²) in [4.78, 5) is 24.3. The number of carbonyl (C=O) groups excluding carboxylic acids is 1. The molecular formula is C22H30F3N5O. The summed E-state index contributed by atoms with van der Waals surface area (Å²) >= 11 is 0. The number of piperidine rings is 1. The van der Waals surface area contributed by atoms with Gasteiger partial charge in [0.2, 0.25) is 0 Å². The number of alkyl halides is 3. The van der Waals surface area contributed by atoms with Gasteiger partial charge in [0.25, 0.3) is 0 Å². The second kappa shape index (κ2) is 9.30. The van der Waals surface area contributed by atoms with Crippen LogP contribution in [0.3, 0.4) is 0 Å². The minimum absolute atomic E-state index is 0.0437. The van der Waals surface area contributed by atoms with E-state index >= 15 is 0 Å². The molecule has 1 aliphatic rings. The van der Waals surface area contributed by atoms with Gasteiger partial charge in [0.1, 0.15) is 5.82 Å². The van der Waals surface area contributed by atoms with Gasteiger partial charge >= 0.3 is 12.2 Å². The van der Waals surface area contributed by atoms with Crippen LogP contribution in [-0.4, -0.2) is 58.0 Å². The van der Waals surface area contributed by atoms with Crippen molar-refractivity contribution in [1.82, 2.24) is 25.1 Å². The highest BCUT2D eigenvalue weighted by molar-refractivity contribution is 5.74. The lowest BCUT2D eigenvalue weighted by molar-refractivity contribution is -0.137. The number of benzene rings is 1. The number of aromatic nitrogens is 2. The van der Waals surface area contributed by atoms with Crippen molar-refractivity contribution in [1.29, 1.82) is 0 Å². The van der Waals surface area contributed by atoms with E-state index in [0.29, 0.717) is 17.9 Å². The zero-order chi connectivity index (χ0) is 22.8. The summed E-state index contributed by atoms with van der Waals surface area (Å²) in [5.41, 5.74) is 1.75. The van der Waals surface area contributed by atoms with Gasteiger partial charge in [-0.1, -0.05) is 12.1 Å². The number of hydrogen-bond acceptors (Lipinski definition) is 3. The quantitative estimate of drug-likeness (QED) is 0.728. The van der Waals surface area contributed by atoms with Crippen LogP contribution in [0, 0.1) is 6.92 Å². The van der Waals surface area contributed by atoms with Crippen LogP contribution in [0.5, 0.6) is 0 Å². The lowest BCUT2D eigenvalue weighted by atomic mass is 10.0. The largest absolute Gasteiger partial charge is 0.416 e. The summed E-state index contributed by atoms with van der Waals surface area (Å²) in [6, 6.07) is 5.33. The molecule has 2 amide bonds. The molecule has 3 rings (SSSR count). The molecule has 31 heavy (non-hydrogen) atoms. The van der Waals surface area contributed by atoms with Crippen molar-refractivity contribution in [3.8, 4) is 11.4 Å². The van der Waals surface area contributed by atoms with Crippen molar-refractivity contribution in [2.45, 2.75) is 58.4 Å². The molecule has 0 aliphatic carbocycles. The Balaban J connectivity index is 1.63. The normalized spacial score (nSPS) is 16.0. The molecule has 2 heterocycles. The van der Waals surface area contributed by atoms with Crippen molar-refractivity contribution in [2.24, 2.45) is 0 Å². The number of nitrogens with one attached hydrogen (secondary N) is 2. The summed E-state index contributed by atoms with van der Waals surface area (Å²) in [5.74, 6) is 0.571. The Morgan fingerprint density at radius 3 is 2.39 bits per heavy atom. The Morgan fingerprint density at radius 1 is 1.26 bits per heavy atom. The van der Waals surface area contributed by atoms with Gasteiger partial charge in [-0.15, -0.1) is 0 Å². The van der Waals surface area contributed by atoms with E-state index in [1.807, 2.05) is 25.7 Å². The summed E-state index contributed by atoms with van der Waals surface area (Å²) in [5, 5.41) is 2.73. The van der Waals surface area contributed by atoms with E-state index in [1.54, 1.807) is 7.05 Å². The highest BCUT2D eigenvalue weighted by Gasteiger charge is 2.31. The van der Waals surface area contributed by atoms with Gasteiger partial charge in [-0.3, -0.25) is 4.90 Å². The highest BCUT2D eigenvalue weighted by atomic mass is 19.4. The lowest BCUT2D eigenvalue weighted by Gasteiger charge is -2.40. The van der Waals surface area contributed by atoms with Gasteiger partial charge in [-0.25, -0.2) is 9.78 Å². The molecule has 6 nitrogen and oxygen atoms in total. The predicted octanol–water partition coefficient (Wildman–Crippen LogP) is 4.42. The Bertz CT molecular complexity index is 884. The van der Waals surface area contributed by atoms with E-state index in [-0.39, 0.29) is 18.1 Å². The topological polar surface area (TPSA) is 64.3 Å². The monoisotopic (exact) mass is 437 g/mol. The van der Waals surface area contributed by atoms with Crippen molar-refractivity contribution in [3.63, 3.8) is 0 Å². The number of aryl methyl sites for hydroxylation is 1. The third-order valence-corrected chi connectivity index (χ3v) is 5.80. The molecule has 9 heteroatoms. The number of halogens is 3. The van der Waals surface area contributed by atoms with Gasteiger partial charge in [0.05, 0.1) is 11.3 Å². The predicted molar refractivity (Wildman–Crippen MR) is 113 cm³/mol. The van der Waals surface area contributed by atoms with E-state index in [1.165, 1.54) is 12.1 Å². The minimum Gasteiger partial charge on any atom is -0.342 e. The summed E-state index contributed by atoms with van der Waals surface area (Å²) < 4.78 is 38.3. The minimum atomic E-state index is -4.35. The molecule has 1 fully saturated rings. The standard InChI is InChI=1S/C22H30F3N5O/c1-14(2)30(21(31)26-4)18-9-11-29(12-10-18)13-19-15(3)27-20(28-19)16-5-7-17(8-6-16)22(23,24)25/h5-8,14,18H,9-13H2,1-4H3,(H,26,31)(H,27,28). The molecule has 0 saturated carbocycles. The number of imidazole rings is 1. The number of nitrogens with zero attached hydrogens (tertiary/aromatic N) is 3. The number of likely N-dealkylation sites (tertiary alicyclic amines) is 1. The van der Waals surface area contributed by atoms with Crippen LogP contribution >= 0.6 is 0 Å². The molecule has 1 aromatic carbocycles. The van der Waals surface area contributed by atoms with Crippen LogP contribution in [-0.2, 0) is 12.7 Å². The van der Waals surface area contributed by atoms with Gasteiger partial charge in [-0.05, 0) is 45.7 Å². The molecule has 170 valence electrons. The average molecular weight is 438 g/mol. The SMILES string of the molecule is CNC(=O)N(C(C)C)C1CCN(Cc2nc(-c3ccc(C(F)(F)F)cc3)[nH]c2C)CC1. The maximum atomic E-state index is 12.8. The molecule has 0 bridgehead atoms. The first kappa shape index (κ1) is 23.1. The first-order chi connectivity index (χ1) is 14.6. The van der Waals surface area contributed by atoms with Crippen molar-refractivity contribution in [3.05, 3.63) is 41.2 Å². The number of H-pyrrole nitrogens is 1. The fourth-order valence-electron chi connectivity index (χ4n) is 4.12. The molecule has 2 aromatic rings. The second-order valence-corrected chi connectivity index (χ2v) is 8.30. The zero-order valence-corrected chi connectivity index (χ0v) is 18.4. The maximum Gasteiger partial charge on any atom is 0.416 e. The van der Waals surface area contributed by atoms with Gasteiger partial charge in [0, 0.05) is 50.0 Å². The molecule has 0 atom stereocenters. The third-order valence-electron chi connectivity index (χ3n) is 5.80. The number of amides is 2. The number of hydrogen-bond donors (Lipinski definition) is 2. The lowest BCUT2D eigenvalue weighted by Crippen LogP contribution is -2.52. The smallest absolute Gasteiger partial charge is 0.342 e. The zero-order valence-electron chi connectivity index (χ0n) is 18.4. The van der Waals surface area contributed by atoms with E-state index in [4.69, 9.17) is 0 Å². The molecule has 1 saturated heterocycles. The highest BCUT2D eigenvalue weighted by Crippen LogP contribution is 2.31. The summed E-state index contributed by atoms with van der Waals surface area (Å²) in [7, 11) is 1.65. The van der Waals surface area contributed by atoms with Crippen molar-refractivity contribution < 1.29 is 18.0 Å². The third kappa shape index (κ3) is 5.39.